The summed E-state index contributed by atoms with van der Waals surface area (Å²) in [6, 6.07) is 7.18. The minimum Gasteiger partial charge on any atom is -0.491 e. The third kappa shape index (κ3) is 5.07. The van der Waals surface area contributed by atoms with Crippen molar-refractivity contribution in [2.75, 3.05) is 25.0 Å². The highest BCUT2D eigenvalue weighted by Crippen LogP contribution is 2.24. The Kier molecular flexibility index (Phi) is 5.57. The van der Waals surface area contributed by atoms with Crippen molar-refractivity contribution in [2.45, 2.75) is 19.3 Å². The van der Waals surface area contributed by atoms with E-state index in [1.165, 1.54) is 0 Å². The van der Waals surface area contributed by atoms with Gasteiger partial charge in [0.25, 0.3) is 0 Å². The molecular weight excluding hydrogens is 270 g/mol. The minimum atomic E-state index is -0.412. The van der Waals surface area contributed by atoms with E-state index in [9.17, 15) is 9.59 Å². The highest BCUT2D eigenvalue weighted by Gasteiger charge is 2.18. The number of carbonyl (C=O) groups excluding carboxylic acids is 2. The number of hydrogen-bond acceptors (Lipinski definition) is 4. The van der Waals surface area contributed by atoms with Gasteiger partial charge in [0.1, 0.15) is 5.75 Å². The zero-order valence-corrected chi connectivity index (χ0v) is 11.9. The third-order valence-electron chi connectivity index (χ3n) is 3.40. The SMILES string of the molecule is NC(=O)CCOc1ccccc1NC(=O)CC1CCNC1. The summed E-state index contributed by atoms with van der Waals surface area (Å²) in [5, 5.41) is 6.11. The second-order valence-corrected chi connectivity index (χ2v) is 5.17. The molecular formula is C15H21N3O3. The molecule has 2 rings (SSSR count). The van der Waals surface area contributed by atoms with E-state index in [4.69, 9.17) is 10.5 Å². The van der Waals surface area contributed by atoms with E-state index >= 15 is 0 Å². The summed E-state index contributed by atoms with van der Waals surface area (Å²) in [4.78, 5) is 22.7. The van der Waals surface area contributed by atoms with Gasteiger partial charge >= 0.3 is 0 Å². The third-order valence-corrected chi connectivity index (χ3v) is 3.40. The summed E-state index contributed by atoms with van der Waals surface area (Å²) in [6.45, 7) is 2.07. The normalized spacial score (nSPS) is 17.4. The number of nitrogens with two attached hydrogens (primary N) is 1. The number of rotatable bonds is 7. The van der Waals surface area contributed by atoms with Crippen LogP contribution in [0.3, 0.4) is 0 Å². The highest BCUT2D eigenvalue weighted by atomic mass is 16.5. The monoisotopic (exact) mass is 291 g/mol. The molecule has 1 aliphatic heterocycles. The Balaban J connectivity index is 1.89. The zero-order chi connectivity index (χ0) is 15.1. The quantitative estimate of drug-likeness (QED) is 0.695. The van der Waals surface area contributed by atoms with Crippen molar-refractivity contribution in [3.05, 3.63) is 24.3 Å². The van der Waals surface area contributed by atoms with Crippen molar-refractivity contribution < 1.29 is 14.3 Å². The summed E-state index contributed by atoms with van der Waals surface area (Å²) in [6.07, 6.45) is 1.68. The maximum absolute atomic E-state index is 12.0. The molecule has 0 radical (unpaired) electrons. The maximum atomic E-state index is 12.0. The number of anilines is 1. The molecule has 1 aromatic rings. The van der Waals surface area contributed by atoms with Crippen LogP contribution in [-0.4, -0.2) is 31.5 Å². The Morgan fingerprint density at radius 3 is 2.90 bits per heavy atom. The lowest BCUT2D eigenvalue weighted by molar-refractivity contribution is -0.119. The van der Waals surface area contributed by atoms with E-state index in [0.717, 1.165) is 19.5 Å². The first-order chi connectivity index (χ1) is 10.1. The molecule has 1 atom stereocenters. The Hall–Kier alpha value is -2.08. The van der Waals surface area contributed by atoms with E-state index < -0.39 is 5.91 Å². The van der Waals surface area contributed by atoms with E-state index in [0.29, 0.717) is 23.8 Å². The van der Waals surface area contributed by atoms with Gasteiger partial charge in [-0.25, -0.2) is 0 Å². The fourth-order valence-corrected chi connectivity index (χ4v) is 2.31. The minimum absolute atomic E-state index is 0.0188. The molecule has 114 valence electrons. The van der Waals surface area contributed by atoms with Crippen molar-refractivity contribution in [1.29, 1.82) is 0 Å². The molecule has 0 aliphatic carbocycles. The number of benzene rings is 1. The molecule has 0 bridgehead atoms. The molecule has 0 spiro atoms. The van der Waals surface area contributed by atoms with Crippen molar-refractivity contribution in [3.63, 3.8) is 0 Å². The van der Waals surface area contributed by atoms with Crippen LogP contribution < -0.4 is 21.1 Å². The van der Waals surface area contributed by atoms with Gasteiger partial charge in [-0.15, -0.1) is 0 Å². The number of hydrogen-bond donors (Lipinski definition) is 3. The van der Waals surface area contributed by atoms with Gasteiger partial charge in [0.2, 0.25) is 11.8 Å². The standard InChI is InChI=1S/C15H21N3O3/c16-14(19)6-8-21-13-4-2-1-3-12(13)18-15(20)9-11-5-7-17-10-11/h1-4,11,17H,5-10H2,(H2,16,19)(H,18,20). The van der Waals surface area contributed by atoms with Crippen molar-refractivity contribution >= 4 is 17.5 Å². The first-order valence-corrected chi connectivity index (χ1v) is 7.16. The van der Waals surface area contributed by atoms with Crippen LogP contribution >= 0.6 is 0 Å². The molecule has 6 heteroatoms. The fourth-order valence-electron chi connectivity index (χ4n) is 2.31. The van der Waals surface area contributed by atoms with Crippen molar-refractivity contribution in [3.8, 4) is 5.75 Å². The predicted molar refractivity (Wildman–Crippen MR) is 80.0 cm³/mol. The van der Waals surface area contributed by atoms with Crippen LogP contribution in [0.4, 0.5) is 5.69 Å². The van der Waals surface area contributed by atoms with E-state index in [1.807, 2.05) is 12.1 Å². The van der Waals surface area contributed by atoms with E-state index in [2.05, 4.69) is 10.6 Å². The van der Waals surface area contributed by atoms with Gasteiger partial charge in [-0.3, -0.25) is 9.59 Å². The Labute approximate surface area is 124 Å². The number of amides is 2. The molecule has 21 heavy (non-hydrogen) atoms. The summed E-state index contributed by atoms with van der Waals surface area (Å²) in [5.74, 6) is 0.518. The number of ether oxygens (including phenoxy) is 1. The Bertz CT molecular complexity index is 499. The second-order valence-electron chi connectivity index (χ2n) is 5.17. The van der Waals surface area contributed by atoms with Gasteiger partial charge in [0.15, 0.2) is 0 Å². The van der Waals surface area contributed by atoms with Crippen LogP contribution in [0.25, 0.3) is 0 Å². The van der Waals surface area contributed by atoms with Gasteiger partial charge in [-0.1, -0.05) is 12.1 Å². The molecule has 1 fully saturated rings. The van der Waals surface area contributed by atoms with Crippen LogP contribution in [0.5, 0.6) is 5.75 Å². The average Bonchev–Trinajstić information content (AvgIpc) is 2.93. The molecule has 1 aliphatic rings. The lowest BCUT2D eigenvalue weighted by atomic mass is 10.0. The molecule has 0 aromatic heterocycles. The van der Waals surface area contributed by atoms with E-state index in [-0.39, 0.29) is 18.9 Å². The highest BCUT2D eigenvalue weighted by molar-refractivity contribution is 5.92. The van der Waals surface area contributed by atoms with E-state index in [1.54, 1.807) is 12.1 Å². The van der Waals surface area contributed by atoms with Gasteiger partial charge in [0.05, 0.1) is 18.7 Å². The van der Waals surface area contributed by atoms with Gasteiger partial charge < -0.3 is 21.1 Å². The molecule has 1 unspecified atom stereocenters. The lowest BCUT2D eigenvalue weighted by Crippen LogP contribution is -2.19. The molecule has 2 amide bonds. The van der Waals surface area contributed by atoms with Crippen LogP contribution in [0.2, 0.25) is 0 Å². The average molecular weight is 291 g/mol. The van der Waals surface area contributed by atoms with Gasteiger partial charge in [-0.05, 0) is 37.6 Å². The maximum Gasteiger partial charge on any atom is 0.224 e. The first kappa shape index (κ1) is 15.3. The van der Waals surface area contributed by atoms with Crippen LogP contribution in [-0.2, 0) is 9.59 Å². The lowest BCUT2D eigenvalue weighted by Gasteiger charge is -2.13. The summed E-state index contributed by atoms with van der Waals surface area (Å²) in [7, 11) is 0. The molecule has 1 heterocycles. The summed E-state index contributed by atoms with van der Waals surface area (Å²) >= 11 is 0. The smallest absolute Gasteiger partial charge is 0.224 e. The number of carbonyl (C=O) groups is 2. The van der Waals surface area contributed by atoms with Gasteiger partial charge in [0, 0.05) is 6.42 Å². The molecule has 6 nitrogen and oxygen atoms in total. The van der Waals surface area contributed by atoms with Gasteiger partial charge in [-0.2, -0.15) is 0 Å². The van der Waals surface area contributed by atoms with Crippen LogP contribution in [0, 0.1) is 5.92 Å². The Morgan fingerprint density at radius 1 is 1.38 bits per heavy atom. The molecule has 1 saturated heterocycles. The van der Waals surface area contributed by atoms with Crippen molar-refractivity contribution in [1.82, 2.24) is 5.32 Å². The molecule has 1 aromatic carbocycles. The number of para-hydroxylation sites is 2. The number of nitrogens with one attached hydrogen (secondary N) is 2. The predicted octanol–water partition coefficient (Wildman–Crippen LogP) is 0.879. The Morgan fingerprint density at radius 2 is 2.19 bits per heavy atom. The summed E-state index contributed by atoms with van der Waals surface area (Å²) < 4.78 is 5.49. The van der Waals surface area contributed by atoms with Crippen LogP contribution in [0.15, 0.2) is 24.3 Å². The van der Waals surface area contributed by atoms with Crippen molar-refractivity contribution in [2.24, 2.45) is 11.7 Å². The second kappa shape index (κ2) is 7.64. The number of primary amides is 1. The molecule has 4 N–H and O–H groups in total. The molecule has 0 saturated carbocycles. The largest absolute Gasteiger partial charge is 0.491 e. The first-order valence-electron chi connectivity index (χ1n) is 7.16. The zero-order valence-electron chi connectivity index (χ0n) is 11.9. The summed E-state index contributed by atoms with van der Waals surface area (Å²) in [5.41, 5.74) is 5.70. The van der Waals surface area contributed by atoms with Crippen LogP contribution in [0.1, 0.15) is 19.3 Å². The topological polar surface area (TPSA) is 93.5 Å². The fraction of sp³-hybridized carbons (Fsp3) is 0.467.